The van der Waals surface area contributed by atoms with Crippen molar-refractivity contribution in [2.24, 2.45) is 0 Å². The average molecular weight is 481 g/mol. The van der Waals surface area contributed by atoms with Crippen LogP contribution in [0.2, 0.25) is 5.02 Å². The third-order valence-electron chi connectivity index (χ3n) is 6.00. The summed E-state index contributed by atoms with van der Waals surface area (Å²) in [7, 11) is 3.94. The fourth-order valence-electron chi connectivity index (χ4n) is 4.14. The monoisotopic (exact) mass is 480 g/mol. The van der Waals surface area contributed by atoms with Gasteiger partial charge in [0.05, 0.1) is 5.02 Å². The standard InChI is InChI=1S/C24H25ClN6O3/c1-30-11-9-17(13-30)31(2)23(32)15-4-3-5-16(12-15)27-24-26-10-8-20(29-24)28-21-18(25)6-7-19-22(21)34-14-33-19/h3-8,10,12,17H,9,11,13-14H2,1-2H3,(H2,26,27,28,29). The SMILES string of the molecule is CN1CCC(N(C)C(=O)c2cccc(Nc3nccc(Nc4c(Cl)ccc5c4OCO5)n3)c2)C1. The summed E-state index contributed by atoms with van der Waals surface area (Å²) < 4.78 is 11.0. The second-order valence-corrected chi connectivity index (χ2v) is 8.78. The first-order valence-electron chi connectivity index (χ1n) is 11.0. The Morgan fingerprint density at radius 1 is 1.21 bits per heavy atom. The van der Waals surface area contributed by atoms with Gasteiger partial charge in [0.1, 0.15) is 11.5 Å². The summed E-state index contributed by atoms with van der Waals surface area (Å²) in [5.41, 5.74) is 1.91. The molecule has 2 aromatic carbocycles. The molecule has 176 valence electrons. The van der Waals surface area contributed by atoms with Crippen molar-refractivity contribution in [3.05, 3.63) is 59.2 Å². The molecule has 1 saturated heterocycles. The smallest absolute Gasteiger partial charge is 0.253 e. The molecule has 0 aliphatic carbocycles. The summed E-state index contributed by atoms with van der Waals surface area (Å²) in [4.78, 5) is 25.9. The first-order valence-corrected chi connectivity index (χ1v) is 11.4. The maximum absolute atomic E-state index is 13.0. The molecule has 0 spiro atoms. The van der Waals surface area contributed by atoms with E-state index in [1.54, 1.807) is 24.4 Å². The Balaban J connectivity index is 1.31. The van der Waals surface area contributed by atoms with Gasteiger partial charge in [-0.1, -0.05) is 17.7 Å². The highest BCUT2D eigenvalue weighted by molar-refractivity contribution is 6.33. The van der Waals surface area contributed by atoms with Gasteiger partial charge < -0.3 is 29.9 Å². The van der Waals surface area contributed by atoms with Crippen LogP contribution in [0.5, 0.6) is 11.5 Å². The van der Waals surface area contributed by atoms with Crippen molar-refractivity contribution >= 4 is 40.6 Å². The molecule has 1 fully saturated rings. The van der Waals surface area contributed by atoms with E-state index < -0.39 is 0 Å². The molecule has 9 nitrogen and oxygen atoms in total. The number of hydrogen-bond acceptors (Lipinski definition) is 8. The quantitative estimate of drug-likeness (QED) is 0.544. The van der Waals surface area contributed by atoms with Gasteiger partial charge in [-0.15, -0.1) is 0 Å². The Hall–Kier alpha value is -3.56. The summed E-state index contributed by atoms with van der Waals surface area (Å²) >= 11 is 6.36. The van der Waals surface area contributed by atoms with E-state index >= 15 is 0 Å². The summed E-state index contributed by atoms with van der Waals surface area (Å²) in [6, 6.07) is 12.8. The first kappa shape index (κ1) is 22.2. The molecule has 0 saturated carbocycles. The fourth-order valence-corrected chi connectivity index (χ4v) is 4.33. The normalized spacial score (nSPS) is 17.0. The minimum Gasteiger partial charge on any atom is -0.454 e. The molecule has 2 aliphatic rings. The van der Waals surface area contributed by atoms with E-state index in [0.29, 0.717) is 39.5 Å². The Bertz CT molecular complexity index is 1220. The number of carbonyl (C=O) groups excluding carboxylic acids is 1. The second kappa shape index (κ2) is 9.36. The van der Waals surface area contributed by atoms with Gasteiger partial charge in [-0.05, 0) is 56.4 Å². The van der Waals surface area contributed by atoms with Gasteiger partial charge in [-0.2, -0.15) is 4.98 Å². The van der Waals surface area contributed by atoms with Crippen LogP contribution in [0.3, 0.4) is 0 Å². The topological polar surface area (TPSA) is 91.9 Å². The van der Waals surface area contributed by atoms with Crippen LogP contribution in [0.15, 0.2) is 48.7 Å². The van der Waals surface area contributed by atoms with Crippen molar-refractivity contribution in [3.8, 4) is 11.5 Å². The molecule has 0 bridgehead atoms. The molecule has 3 heterocycles. The molecular formula is C24H25ClN6O3. The number of hydrogen-bond donors (Lipinski definition) is 2. The molecule has 0 radical (unpaired) electrons. The largest absolute Gasteiger partial charge is 0.454 e. The number of anilines is 4. The lowest BCUT2D eigenvalue weighted by atomic mass is 10.1. The third-order valence-corrected chi connectivity index (χ3v) is 6.31. The molecule has 2 N–H and O–H groups in total. The van der Waals surface area contributed by atoms with E-state index in [4.69, 9.17) is 21.1 Å². The van der Waals surface area contributed by atoms with Crippen molar-refractivity contribution in [3.63, 3.8) is 0 Å². The van der Waals surface area contributed by atoms with Crippen LogP contribution in [0.25, 0.3) is 0 Å². The molecule has 5 rings (SSSR count). The van der Waals surface area contributed by atoms with Gasteiger partial charge in [0.25, 0.3) is 5.91 Å². The molecule has 1 unspecified atom stereocenters. The number of halogens is 1. The number of fused-ring (bicyclic) bond motifs is 1. The second-order valence-electron chi connectivity index (χ2n) is 8.37. The van der Waals surface area contributed by atoms with Crippen molar-refractivity contribution < 1.29 is 14.3 Å². The zero-order chi connectivity index (χ0) is 23.7. The van der Waals surface area contributed by atoms with Gasteiger partial charge in [-0.3, -0.25) is 4.79 Å². The summed E-state index contributed by atoms with van der Waals surface area (Å²) in [6.07, 6.45) is 2.61. The van der Waals surface area contributed by atoms with Crippen LogP contribution in [0, 0.1) is 0 Å². The Morgan fingerprint density at radius 2 is 2.09 bits per heavy atom. The molecule has 1 atom stereocenters. The number of benzene rings is 2. The Kier molecular flexibility index (Phi) is 6.12. The number of ether oxygens (including phenoxy) is 2. The Labute approximate surface area is 202 Å². The van der Waals surface area contributed by atoms with Gasteiger partial charge in [0, 0.05) is 37.1 Å². The number of aromatic nitrogens is 2. The van der Waals surface area contributed by atoms with Crippen LogP contribution in [0.4, 0.5) is 23.1 Å². The summed E-state index contributed by atoms with van der Waals surface area (Å²) in [5.74, 6) is 2.07. The van der Waals surface area contributed by atoms with E-state index in [0.717, 1.165) is 25.2 Å². The lowest BCUT2D eigenvalue weighted by Crippen LogP contribution is -2.38. The first-order chi connectivity index (χ1) is 16.5. The molecular weight excluding hydrogens is 456 g/mol. The van der Waals surface area contributed by atoms with Crippen molar-refractivity contribution in [2.75, 3.05) is 44.6 Å². The van der Waals surface area contributed by atoms with Gasteiger partial charge >= 0.3 is 0 Å². The molecule has 1 aromatic heterocycles. The zero-order valence-electron chi connectivity index (χ0n) is 18.9. The number of amides is 1. The van der Waals surface area contributed by atoms with Crippen LogP contribution in [-0.2, 0) is 0 Å². The fraction of sp³-hybridized carbons (Fsp3) is 0.292. The lowest BCUT2D eigenvalue weighted by Gasteiger charge is -2.24. The maximum atomic E-state index is 13.0. The van der Waals surface area contributed by atoms with E-state index in [1.807, 2.05) is 36.2 Å². The number of likely N-dealkylation sites (tertiary alicyclic amines) is 1. The van der Waals surface area contributed by atoms with Gasteiger partial charge in [-0.25, -0.2) is 4.98 Å². The number of nitrogens with one attached hydrogen (secondary N) is 2. The van der Waals surface area contributed by atoms with Crippen molar-refractivity contribution in [1.82, 2.24) is 19.8 Å². The highest BCUT2D eigenvalue weighted by atomic mass is 35.5. The predicted molar refractivity (Wildman–Crippen MR) is 131 cm³/mol. The summed E-state index contributed by atoms with van der Waals surface area (Å²) in [5, 5.41) is 6.85. The average Bonchev–Trinajstić information content (AvgIpc) is 3.49. The minimum absolute atomic E-state index is 0.00456. The van der Waals surface area contributed by atoms with Crippen LogP contribution < -0.4 is 20.1 Å². The lowest BCUT2D eigenvalue weighted by molar-refractivity contribution is 0.0737. The number of nitrogens with zero attached hydrogens (tertiary/aromatic N) is 4. The highest BCUT2D eigenvalue weighted by Gasteiger charge is 2.27. The highest BCUT2D eigenvalue weighted by Crippen LogP contribution is 2.44. The minimum atomic E-state index is -0.00456. The molecule has 2 aliphatic heterocycles. The maximum Gasteiger partial charge on any atom is 0.253 e. The molecule has 3 aromatic rings. The van der Waals surface area contributed by atoms with Crippen LogP contribution in [0.1, 0.15) is 16.8 Å². The van der Waals surface area contributed by atoms with E-state index in [1.165, 1.54) is 0 Å². The van der Waals surface area contributed by atoms with Gasteiger partial charge in [0.2, 0.25) is 12.7 Å². The third kappa shape index (κ3) is 4.57. The van der Waals surface area contributed by atoms with E-state index in [9.17, 15) is 4.79 Å². The Morgan fingerprint density at radius 3 is 2.91 bits per heavy atom. The number of carbonyl (C=O) groups is 1. The zero-order valence-corrected chi connectivity index (χ0v) is 19.7. The van der Waals surface area contributed by atoms with E-state index in [2.05, 4.69) is 32.5 Å². The molecule has 10 heteroatoms. The predicted octanol–water partition coefficient (Wildman–Crippen LogP) is 4.12. The van der Waals surface area contributed by atoms with Crippen LogP contribution >= 0.6 is 11.6 Å². The van der Waals surface area contributed by atoms with Crippen LogP contribution in [-0.4, -0.2) is 65.7 Å². The van der Waals surface area contributed by atoms with Crippen molar-refractivity contribution in [1.29, 1.82) is 0 Å². The number of likely N-dealkylation sites (N-methyl/N-ethyl adjacent to an activating group) is 2. The van der Waals surface area contributed by atoms with E-state index in [-0.39, 0.29) is 18.7 Å². The van der Waals surface area contributed by atoms with Gasteiger partial charge in [0.15, 0.2) is 11.5 Å². The van der Waals surface area contributed by atoms with Crippen molar-refractivity contribution in [2.45, 2.75) is 12.5 Å². The molecule has 34 heavy (non-hydrogen) atoms. The number of rotatable bonds is 6. The molecule has 1 amide bonds. The summed E-state index contributed by atoms with van der Waals surface area (Å²) in [6.45, 7) is 2.03.